The number of carboxylic acids is 1. The Labute approximate surface area is 117 Å². The van der Waals surface area contributed by atoms with Crippen LogP contribution in [0, 0.1) is 0 Å². The van der Waals surface area contributed by atoms with E-state index in [1.807, 2.05) is 6.92 Å². The van der Waals surface area contributed by atoms with Gasteiger partial charge in [-0.1, -0.05) is 13.3 Å². The topological polar surface area (TPSA) is 102 Å². The summed E-state index contributed by atoms with van der Waals surface area (Å²) >= 11 is 0. The fraction of sp³-hybridized carbons (Fsp3) is 0.429. The van der Waals surface area contributed by atoms with Crippen LogP contribution in [0.5, 0.6) is 5.75 Å². The van der Waals surface area contributed by atoms with E-state index in [0.717, 1.165) is 12.8 Å². The Balaban J connectivity index is 2.81. The van der Waals surface area contributed by atoms with Gasteiger partial charge in [0.15, 0.2) is 0 Å². The minimum absolute atomic E-state index is 0.0824. The van der Waals surface area contributed by atoms with Gasteiger partial charge in [0, 0.05) is 12.5 Å². The SMILES string of the molecule is CCCC(N)CC(=O)Nc1cc(C(=O)O)ccc1OC. The first-order valence-corrected chi connectivity index (χ1v) is 6.44. The molecule has 20 heavy (non-hydrogen) atoms. The molecule has 1 rings (SSSR count). The van der Waals surface area contributed by atoms with Crippen LogP contribution in [0.3, 0.4) is 0 Å². The van der Waals surface area contributed by atoms with Crippen molar-refractivity contribution in [1.29, 1.82) is 0 Å². The van der Waals surface area contributed by atoms with Gasteiger partial charge in [0.25, 0.3) is 0 Å². The number of hydrogen-bond acceptors (Lipinski definition) is 4. The number of carbonyl (C=O) groups excluding carboxylic acids is 1. The summed E-state index contributed by atoms with van der Waals surface area (Å²) in [5.74, 6) is -0.912. The lowest BCUT2D eigenvalue weighted by Gasteiger charge is -2.13. The maximum absolute atomic E-state index is 11.9. The molecule has 0 saturated carbocycles. The van der Waals surface area contributed by atoms with E-state index in [4.69, 9.17) is 15.6 Å². The molecule has 0 aliphatic carbocycles. The molecule has 0 bridgehead atoms. The zero-order valence-electron chi connectivity index (χ0n) is 11.7. The maximum Gasteiger partial charge on any atom is 0.335 e. The molecule has 0 spiro atoms. The molecule has 0 radical (unpaired) electrons. The summed E-state index contributed by atoms with van der Waals surface area (Å²) in [6, 6.07) is 4.09. The highest BCUT2D eigenvalue weighted by molar-refractivity contribution is 5.95. The van der Waals surface area contributed by atoms with Crippen molar-refractivity contribution in [3.05, 3.63) is 23.8 Å². The van der Waals surface area contributed by atoms with E-state index in [0.29, 0.717) is 11.4 Å². The molecule has 0 aromatic heterocycles. The number of hydrogen-bond donors (Lipinski definition) is 3. The third kappa shape index (κ3) is 4.55. The number of nitrogens with one attached hydrogen (secondary N) is 1. The molecule has 6 nitrogen and oxygen atoms in total. The Bertz CT molecular complexity index is 488. The van der Waals surface area contributed by atoms with E-state index >= 15 is 0 Å². The van der Waals surface area contributed by atoms with Crippen molar-refractivity contribution in [2.45, 2.75) is 32.2 Å². The van der Waals surface area contributed by atoms with Crippen LogP contribution in [0.4, 0.5) is 5.69 Å². The van der Waals surface area contributed by atoms with Gasteiger partial charge in [-0.2, -0.15) is 0 Å². The summed E-state index contributed by atoms with van der Waals surface area (Å²) in [5.41, 5.74) is 6.22. The monoisotopic (exact) mass is 280 g/mol. The summed E-state index contributed by atoms with van der Waals surface area (Å²) < 4.78 is 5.09. The van der Waals surface area contributed by atoms with Gasteiger partial charge in [0.1, 0.15) is 5.75 Å². The summed E-state index contributed by atoms with van der Waals surface area (Å²) in [6.07, 6.45) is 1.86. The summed E-state index contributed by atoms with van der Waals surface area (Å²) in [6.45, 7) is 2.00. The average molecular weight is 280 g/mol. The molecule has 1 atom stereocenters. The van der Waals surface area contributed by atoms with Crippen molar-refractivity contribution in [3.63, 3.8) is 0 Å². The first kappa shape index (κ1) is 16.0. The van der Waals surface area contributed by atoms with Crippen LogP contribution in [-0.2, 0) is 4.79 Å². The van der Waals surface area contributed by atoms with Crippen molar-refractivity contribution in [3.8, 4) is 5.75 Å². The Morgan fingerprint density at radius 3 is 2.70 bits per heavy atom. The van der Waals surface area contributed by atoms with E-state index in [1.165, 1.54) is 25.3 Å². The molecule has 4 N–H and O–H groups in total. The molecule has 1 amide bonds. The molecular weight excluding hydrogens is 260 g/mol. The van der Waals surface area contributed by atoms with Gasteiger partial charge < -0.3 is 20.9 Å². The molecule has 1 aromatic rings. The second-order valence-electron chi connectivity index (χ2n) is 4.52. The second kappa shape index (κ2) is 7.49. The largest absolute Gasteiger partial charge is 0.495 e. The lowest BCUT2D eigenvalue weighted by Crippen LogP contribution is -2.27. The zero-order chi connectivity index (χ0) is 15.1. The predicted molar refractivity (Wildman–Crippen MR) is 76.1 cm³/mol. The van der Waals surface area contributed by atoms with E-state index in [2.05, 4.69) is 5.32 Å². The van der Waals surface area contributed by atoms with Gasteiger partial charge in [-0.3, -0.25) is 4.79 Å². The molecule has 6 heteroatoms. The second-order valence-corrected chi connectivity index (χ2v) is 4.52. The van der Waals surface area contributed by atoms with Crippen molar-refractivity contribution in [1.82, 2.24) is 0 Å². The highest BCUT2D eigenvalue weighted by atomic mass is 16.5. The number of methoxy groups -OCH3 is 1. The smallest absolute Gasteiger partial charge is 0.335 e. The molecule has 1 aromatic carbocycles. The average Bonchev–Trinajstić information content (AvgIpc) is 2.38. The van der Waals surface area contributed by atoms with E-state index in [9.17, 15) is 9.59 Å². The highest BCUT2D eigenvalue weighted by Gasteiger charge is 2.13. The number of anilines is 1. The van der Waals surface area contributed by atoms with Crippen LogP contribution in [0.25, 0.3) is 0 Å². The fourth-order valence-corrected chi connectivity index (χ4v) is 1.85. The molecule has 0 fully saturated rings. The number of carboxylic acid groups (broad SMARTS) is 1. The summed E-state index contributed by atoms with van der Waals surface area (Å²) in [7, 11) is 1.45. The van der Waals surface area contributed by atoms with Crippen molar-refractivity contribution in [2.75, 3.05) is 12.4 Å². The Morgan fingerprint density at radius 1 is 1.45 bits per heavy atom. The van der Waals surface area contributed by atoms with Crippen LogP contribution in [0.1, 0.15) is 36.5 Å². The molecular formula is C14H20N2O4. The number of nitrogens with two attached hydrogens (primary N) is 1. The van der Waals surface area contributed by atoms with E-state index in [1.54, 1.807) is 0 Å². The van der Waals surface area contributed by atoms with Crippen LogP contribution in [0.2, 0.25) is 0 Å². The van der Waals surface area contributed by atoms with Crippen molar-refractivity contribution in [2.24, 2.45) is 5.73 Å². The van der Waals surface area contributed by atoms with Gasteiger partial charge in [-0.05, 0) is 24.6 Å². The summed E-state index contributed by atoms with van der Waals surface area (Å²) in [5, 5.41) is 11.6. The number of ether oxygens (including phenoxy) is 1. The van der Waals surface area contributed by atoms with Crippen molar-refractivity contribution < 1.29 is 19.4 Å². The molecule has 0 heterocycles. The van der Waals surface area contributed by atoms with E-state index < -0.39 is 5.97 Å². The first-order chi connectivity index (χ1) is 9.47. The third-order valence-corrected chi connectivity index (χ3v) is 2.83. The highest BCUT2D eigenvalue weighted by Crippen LogP contribution is 2.25. The minimum Gasteiger partial charge on any atom is -0.495 e. The molecule has 1 unspecified atom stereocenters. The van der Waals surface area contributed by atoms with Gasteiger partial charge in [-0.25, -0.2) is 4.79 Å². The normalized spacial score (nSPS) is 11.8. The first-order valence-electron chi connectivity index (χ1n) is 6.44. The number of benzene rings is 1. The van der Waals surface area contributed by atoms with Gasteiger partial charge in [-0.15, -0.1) is 0 Å². The van der Waals surface area contributed by atoms with Crippen LogP contribution in [0.15, 0.2) is 18.2 Å². The van der Waals surface area contributed by atoms with Gasteiger partial charge in [0.05, 0.1) is 18.4 Å². The van der Waals surface area contributed by atoms with E-state index in [-0.39, 0.29) is 23.9 Å². The van der Waals surface area contributed by atoms with Crippen LogP contribution >= 0.6 is 0 Å². The molecule has 0 saturated heterocycles. The molecule has 110 valence electrons. The van der Waals surface area contributed by atoms with Gasteiger partial charge in [0.2, 0.25) is 5.91 Å². The van der Waals surface area contributed by atoms with Crippen LogP contribution < -0.4 is 15.8 Å². The lowest BCUT2D eigenvalue weighted by atomic mass is 10.1. The Morgan fingerprint density at radius 2 is 2.15 bits per heavy atom. The minimum atomic E-state index is -1.06. The van der Waals surface area contributed by atoms with Crippen LogP contribution in [-0.4, -0.2) is 30.1 Å². The van der Waals surface area contributed by atoms with Crippen molar-refractivity contribution >= 4 is 17.6 Å². The quantitative estimate of drug-likeness (QED) is 0.707. The number of rotatable bonds is 7. The molecule has 0 aliphatic heterocycles. The third-order valence-electron chi connectivity index (χ3n) is 2.83. The molecule has 0 aliphatic rings. The number of amides is 1. The Kier molecular flexibility index (Phi) is 5.99. The predicted octanol–water partition coefficient (Wildman–Crippen LogP) is 1.85. The zero-order valence-corrected chi connectivity index (χ0v) is 11.7. The number of aromatic carboxylic acids is 1. The number of carbonyl (C=O) groups is 2. The Hall–Kier alpha value is -2.08. The summed E-state index contributed by atoms with van der Waals surface area (Å²) in [4.78, 5) is 22.8. The van der Waals surface area contributed by atoms with Gasteiger partial charge >= 0.3 is 5.97 Å². The maximum atomic E-state index is 11.9. The fourth-order valence-electron chi connectivity index (χ4n) is 1.85. The standard InChI is InChI=1S/C14H20N2O4/c1-3-4-10(15)8-13(17)16-11-7-9(14(18)19)5-6-12(11)20-2/h5-7,10H,3-4,8,15H2,1-2H3,(H,16,17)(H,18,19). The lowest BCUT2D eigenvalue weighted by molar-refractivity contribution is -0.116.